The first-order valence-electron chi connectivity index (χ1n) is 9.47. The van der Waals surface area contributed by atoms with E-state index in [-0.39, 0.29) is 17.0 Å². The number of amides is 1. The minimum atomic E-state index is -0.478. The number of hydrogen-bond donors (Lipinski definition) is 2. The Labute approximate surface area is 182 Å². The van der Waals surface area contributed by atoms with Crippen molar-refractivity contribution in [1.82, 2.24) is 10.3 Å². The van der Waals surface area contributed by atoms with Gasteiger partial charge in [0.25, 0.3) is 11.6 Å². The molecule has 2 aromatic carbocycles. The Morgan fingerprint density at radius 3 is 2.67 bits per heavy atom. The van der Waals surface area contributed by atoms with E-state index in [1.165, 1.54) is 12.1 Å². The summed E-state index contributed by atoms with van der Waals surface area (Å²) in [6.07, 6.45) is 2.97. The van der Waals surface area contributed by atoms with Crippen molar-refractivity contribution in [2.75, 3.05) is 19.8 Å². The van der Waals surface area contributed by atoms with Gasteiger partial charge in [0.05, 0.1) is 10.5 Å². The molecule has 1 saturated heterocycles. The fourth-order valence-corrected chi connectivity index (χ4v) is 4.59. The van der Waals surface area contributed by atoms with Crippen molar-refractivity contribution in [3.05, 3.63) is 73.9 Å². The highest BCUT2D eigenvalue weighted by atomic mass is 35.5. The van der Waals surface area contributed by atoms with Crippen LogP contribution in [0.1, 0.15) is 28.8 Å². The van der Waals surface area contributed by atoms with Gasteiger partial charge in [-0.1, -0.05) is 29.3 Å². The number of carbonyl (C=O) groups excluding carboxylic acids is 1. The molecule has 156 valence electrons. The Balaban J connectivity index is 1.61. The van der Waals surface area contributed by atoms with Crippen molar-refractivity contribution in [3.8, 4) is 0 Å². The minimum Gasteiger partial charge on any atom is -0.381 e. The largest absolute Gasteiger partial charge is 0.381 e. The number of nitro groups is 1. The zero-order chi connectivity index (χ0) is 21.3. The van der Waals surface area contributed by atoms with Crippen LogP contribution < -0.4 is 5.32 Å². The van der Waals surface area contributed by atoms with Gasteiger partial charge in [-0.3, -0.25) is 14.9 Å². The Hall–Kier alpha value is -2.61. The topological polar surface area (TPSA) is 97.3 Å². The minimum absolute atomic E-state index is 0.0648. The lowest BCUT2D eigenvalue weighted by atomic mass is 9.74. The van der Waals surface area contributed by atoms with Crippen LogP contribution in [0.15, 0.2) is 42.6 Å². The van der Waals surface area contributed by atoms with E-state index < -0.39 is 4.92 Å². The monoisotopic (exact) mass is 447 g/mol. The molecular formula is C21H19Cl2N3O4. The van der Waals surface area contributed by atoms with Crippen LogP contribution in [-0.2, 0) is 10.2 Å². The van der Waals surface area contributed by atoms with Crippen molar-refractivity contribution in [3.63, 3.8) is 0 Å². The SMILES string of the molecule is O=C(NCC1(c2ccc(Cl)cc2Cl)CCOCC1)c1c[nH]c2ccc([N+](=O)[O-])cc12. The van der Waals surface area contributed by atoms with Crippen molar-refractivity contribution in [1.29, 1.82) is 0 Å². The zero-order valence-corrected chi connectivity index (χ0v) is 17.4. The normalized spacial score (nSPS) is 15.8. The van der Waals surface area contributed by atoms with Crippen molar-refractivity contribution >= 4 is 45.7 Å². The van der Waals surface area contributed by atoms with E-state index in [2.05, 4.69) is 10.3 Å². The number of fused-ring (bicyclic) bond motifs is 1. The smallest absolute Gasteiger partial charge is 0.270 e. The molecule has 0 saturated carbocycles. The quantitative estimate of drug-likeness (QED) is 0.430. The number of halogens is 2. The molecule has 7 nitrogen and oxygen atoms in total. The van der Waals surface area contributed by atoms with E-state index in [0.717, 1.165) is 5.56 Å². The van der Waals surface area contributed by atoms with Crippen LogP contribution in [0.25, 0.3) is 10.9 Å². The number of aromatic nitrogens is 1. The molecule has 0 aliphatic carbocycles. The molecule has 0 spiro atoms. The summed E-state index contributed by atoms with van der Waals surface area (Å²) in [6, 6.07) is 9.80. The summed E-state index contributed by atoms with van der Waals surface area (Å²) in [5.41, 5.74) is 1.50. The molecule has 1 aliphatic rings. The fourth-order valence-electron chi connectivity index (χ4n) is 3.98. The number of rotatable bonds is 5. The van der Waals surface area contributed by atoms with Gasteiger partial charge in [-0.15, -0.1) is 0 Å². The number of hydrogen-bond acceptors (Lipinski definition) is 4. The molecule has 4 rings (SSSR count). The molecule has 9 heteroatoms. The van der Waals surface area contributed by atoms with E-state index in [0.29, 0.717) is 59.1 Å². The number of non-ortho nitro benzene ring substituents is 1. The van der Waals surface area contributed by atoms with Gasteiger partial charge >= 0.3 is 0 Å². The number of nitrogens with zero attached hydrogens (tertiary/aromatic N) is 1. The van der Waals surface area contributed by atoms with Crippen LogP contribution in [0, 0.1) is 10.1 Å². The van der Waals surface area contributed by atoms with E-state index in [1.54, 1.807) is 24.4 Å². The Morgan fingerprint density at radius 1 is 1.20 bits per heavy atom. The van der Waals surface area contributed by atoms with Crippen LogP contribution >= 0.6 is 23.2 Å². The summed E-state index contributed by atoms with van der Waals surface area (Å²) in [7, 11) is 0. The van der Waals surface area contributed by atoms with Gasteiger partial charge < -0.3 is 15.0 Å². The van der Waals surface area contributed by atoms with Gasteiger partial charge in [0, 0.05) is 64.5 Å². The number of nitrogens with one attached hydrogen (secondary N) is 2. The van der Waals surface area contributed by atoms with E-state index in [1.807, 2.05) is 6.07 Å². The first-order valence-corrected chi connectivity index (χ1v) is 10.2. The average Bonchev–Trinajstić information content (AvgIpc) is 3.16. The predicted molar refractivity (Wildman–Crippen MR) is 115 cm³/mol. The molecule has 30 heavy (non-hydrogen) atoms. The van der Waals surface area contributed by atoms with Gasteiger partial charge in [-0.05, 0) is 36.6 Å². The fraction of sp³-hybridized carbons (Fsp3) is 0.286. The summed E-state index contributed by atoms with van der Waals surface area (Å²) in [4.78, 5) is 26.6. The number of H-pyrrole nitrogens is 1. The summed E-state index contributed by atoms with van der Waals surface area (Å²) in [5.74, 6) is -0.308. The van der Waals surface area contributed by atoms with Crippen LogP contribution in [0.3, 0.4) is 0 Å². The summed E-state index contributed by atoms with van der Waals surface area (Å²) in [5, 5.41) is 15.7. The molecule has 0 unspecified atom stereocenters. The predicted octanol–water partition coefficient (Wildman–Crippen LogP) is 4.86. The Morgan fingerprint density at radius 2 is 1.97 bits per heavy atom. The van der Waals surface area contributed by atoms with E-state index >= 15 is 0 Å². The van der Waals surface area contributed by atoms with Gasteiger partial charge in [0.2, 0.25) is 0 Å². The molecule has 1 aliphatic heterocycles. The zero-order valence-electron chi connectivity index (χ0n) is 15.9. The second kappa shape index (κ2) is 8.26. The highest BCUT2D eigenvalue weighted by Crippen LogP contribution is 2.39. The molecule has 2 N–H and O–H groups in total. The molecular weight excluding hydrogens is 429 g/mol. The highest BCUT2D eigenvalue weighted by molar-refractivity contribution is 6.35. The lowest BCUT2D eigenvalue weighted by molar-refractivity contribution is -0.384. The summed E-state index contributed by atoms with van der Waals surface area (Å²) < 4.78 is 5.53. The molecule has 0 atom stereocenters. The second-order valence-corrected chi connectivity index (χ2v) is 8.23. The number of benzene rings is 2. The standard InChI is InChI=1S/C21H19Cl2N3O4/c22-13-1-3-17(18(23)9-13)21(5-7-30-8-6-21)12-25-20(27)16-11-24-19-4-2-14(26(28)29)10-15(16)19/h1-4,9-11,24H,5-8,12H2,(H,25,27). The third-order valence-electron chi connectivity index (χ3n) is 5.66. The van der Waals surface area contributed by atoms with Gasteiger partial charge in [0.15, 0.2) is 0 Å². The van der Waals surface area contributed by atoms with Gasteiger partial charge in [0.1, 0.15) is 0 Å². The summed E-state index contributed by atoms with van der Waals surface area (Å²) >= 11 is 12.5. The molecule has 0 radical (unpaired) electrons. The molecule has 2 heterocycles. The lowest BCUT2D eigenvalue weighted by Crippen LogP contribution is -2.44. The van der Waals surface area contributed by atoms with Crippen LogP contribution in [0.2, 0.25) is 10.0 Å². The van der Waals surface area contributed by atoms with Crippen molar-refractivity contribution < 1.29 is 14.5 Å². The summed E-state index contributed by atoms with van der Waals surface area (Å²) in [6.45, 7) is 1.49. The molecule has 3 aromatic rings. The Bertz CT molecular complexity index is 1120. The number of nitro benzene ring substituents is 1. The Kier molecular flexibility index (Phi) is 5.69. The molecule has 1 fully saturated rings. The number of carbonyl (C=O) groups is 1. The first kappa shape index (κ1) is 20.7. The number of aromatic amines is 1. The maximum atomic E-state index is 13.0. The second-order valence-electron chi connectivity index (χ2n) is 7.39. The highest BCUT2D eigenvalue weighted by Gasteiger charge is 2.36. The average molecular weight is 448 g/mol. The van der Waals surface area contributed by atoms with Crippen LogP contribution in [-0.4, -0.2) is 35.6 Å². The first-order chi connectivity index (χ1) is 14.4. The molecule has 1 aromatic heterocycles. The van der Waals surface area contributed by atoms with Crippen molar-refractivity contribution in [2.45, 2.75) is 18.3 Å². The van der Waals surface area contributed by atoms with E-state index in [4.69, 9.17) is 27.9 Å². The molecule has 0 bridgehead atoms. The van der Waals surface area contributed by atoms with Crippen LogP contribution in [0.5, 0.6) is 0 Å². The third-order valence-corrected chi connectivity index (χ3v) is 6.21. The van der Waals surface area contributed by atoms with E-state index in [9.17, 15) is 14.9 Å². The molecule has 1 amide bonds. The maximum absolute atomic E-state index is 13.0. The lowest BCUT2D eigenvalue weighted by Gasteiger charge is -2.38. The van der Waals surface area contributed by atoms with Crippen LogP contribution in [0.4, 0.5) is 5.69 Å². The van der Waals surface area contributed by atoms with Crippen molar-refractivity contribution in [2.24, 2.45) is 0 Å². The number of ether oxygens (including phenoxy) is 1. The third kappa shape index (κ3) is 3.88. The van der Waals surface area contributed by atoms with Gasteiger partial charge in [-0.25, -0.2) is 0 Å². The maximum Gasteiger partial charge on any atom is 0.270 e. The van der Waals surface area contributed by atoms with Gasteiger partial charge in [-0.2, -0.15) is 0 Å².